The molecular weight excluding hydrogens is 241 g/mol. The molecule has 1 unspecified atom stereocenters. The lowest BCUT2D eigenvalue weighted by Crippen LogP contribution is -2.19. The highest BCUT2D eigenvalue weighted by Crippen LogP contribution is 2.20. The molecule has 0 saturated carbocycles. The van der Waals surface area contributed by atoms with Gasteiger partial charge in [0.05, 0.1) is 6.04 Å². The number of hydrogen-bond acceptors (Lipinski definition) is 2. The third kappa shape index (κ3) is 3.55. The molecule has 0 aliphatic carbocycles. The summed E-state index contributed by atoms with van der Waals surface area (Å²) in [7, 11) is 0. The zero-order chi connectivity index (χ0) is 13.8. The van der Waals surface area contributed by atoms with Gasteiger partial charge >= 0.3 is 0 Å². The lowest BCUT2D eigenvalue weighted by Gasteiger charge is -2.15. The summed E-state index contributed by atoms with van der Waals surface area (Å²) in [5.74, 6) is 0.414. The van der Waals surface area contributed by atoms with Gasteiger partial charge in [0, 0.05) is 0 Å². The van der Waals surface area contributed by atoms with E-state index in [0.717, 1.165) is 11.1 Å². The van der Waals surface area contributed by atoms with Gasteiger partial charge in [-0.05, 0) is 43.2 Å². The molecular formula is C16H18FNO. The molecule has 0 heterocycles. The van der Waals surface area contributed by atoms with Crippen molar-refractivity contribution in [2.45, 2.75) is 19.9 Å². The Morgan fingerprint density at radius 1 is 1.11 bits per heavy atom. The van der Waals surface area contributed by atoms with Gasteiger partial charge in [0.1, 0.15) is 18.2 Å². The van der Waals surface area contributed by atoms with Crippen molar-refractivity contribution >= 4 is 0 Å². The number of halogens is 1. The molecule has 2 aromatic carbocycles. The summed E-state index contributed by atoms with van der Waals surface area (Å²) in [6, 6.07) is 12.3. The molecule has 0 amide bonds. The first-order chi connectivity index (χ1) is 9.06. The van der Waals surface area contributed by atoms with E-state index in [2.05, 4.69) is 0 Å². The first kappa shape index (κ1) is 13.6. The zero-order valence-electron chi connectivity index (χ0n) is 11.2. The molecule has 3 heteroatoms. The highest BCUT2D eigenvalue weighted by atomic mass is 19.1. The second kappa shape index (κ2) is 5.85. The summed E-state index contributed by atoms with van der Waals surface area (Å²) in [4.78, 5) is 0. The summed E-state index contributed by atoms with van der Waals surface area (Å²) in [6.07, 6.45) is 0. The van der Waals surface area contributed by atoms with E-state index in [0.29, 0.717) is 12.4 Å². The van der Waals surface area contributed by atoms with Crippen LogP contribution >= 0.6 is 0 Å². The van der Waals surface area contributed by atoms with Gasteiger partial charge in [-0.15, -0.1) is 0 Å². The summed E-state index contributed by atoms with van der Waals surface area (Å²) in [5, 5.41) is 0. The average molecular weight is 259 g/mol. The number of rotatable bonds is 4. The van der Waals surface area contributed by atoms with Gasteiger partial charge in [-0.25, -0.2) is 4.39 Å². The zero-order valence-corrected chi connectivity index (χ0v) is 11.2. The Morgan fingerprint density at radius 2 is 1.79 bits per heavy atom. The smallest absolute Gasteiger partial charge is 0.123 e. The predicted molar refractivity (Wildman–Crippen MR) is 74.7 cm³/mol. The molecule has 0 fully saturated rings. The van der Waals surface area contributed by atoms with Gasteiger partial charge in [-0.3, -0.25) is 0 Å². The van der Waals surface area contributed by atoms with Crippen LogP contribution in [0, 0.1) is 19.7 Å². The fourth-order valence-electron chi connectivity index (χ4n) is 1.86. The SMILES string of the molecule is Cc1ccc(C(N)COc2ccc(F)cc2C)cc1. The minimum absolute atomic E-state index is 0.190. The summed E-state index contributed by atoms with van der Waals surface area (Å²) in [6.45, 7) is 4.22. The standard InChI is InChI=1S/C16H18FNO/c1-11-3-5-13(6-4-11)15(18)10-19-16-8-7-14(17)9-12(16)2/h3-9,15H,10,18H2,1-2H3. The molecule has 0 aliphatic rings. The first-order valence-corrected chi connectivity index (χ1v) is 6.27. The molecule has 0 spiro atoms. The molecule has 1 atom stereocenters. The maximum atomic E-state index is 13.0. The van der Waals surface area contributed by atoms with E-state index in [1.807, 2.05) is 38.1 Å². The maximum Gasteiger partial charge on any atom is 0.123 e. The van der Waals surface area contributed by atoms with Crippen molar-refractivity contribution < 1.29 is 9.13 Å². The molecule has 0 saturated heterocycles. The Hall–Kier alpha value is -1.87. The predicted octanol–water partition coefficient (Wildman–Crippen LogP) is 3.52. The Bertz CT molecular complexity index is 551. The van der Waals surface area contributed by atoms with E-state index in [4.69, 9.17) is 10.5 Å². The van der Waals surface area contributed by atoms with Crippen LogP contribution < -0.4 is 10.5 Å². The normalized spacial score (nSPS) is 12.2. The number of ether oxygens (including phenoxy) is 1. The van der Waals surface area contributed by atoms with Crippen LogP contribution in [0.5, 0.6) is 5.75 Å². The van der Waals surface area contributed by atoms with Crippen LogP contribution in [0.2, 0.25) is 0 Å². The third-order valence-electron chi connectivity index (χ3n) is 3.06. The van der Waals surface area contributed by atoms with Crippen molar-refractivity contribution in [3.63, 3.8) is 0 Å². The average Bonchev–Trinajstić information content (AvgIpc) is 2.38. The number of aryl methyl sites for hydroxylation is 2. The van der Waals surface area contributed by atoms with Crippen LogP contribution in [0.1, 0.15) is 22.7 Å². The van der Waals surface area contributed by atoms with Crippen LogP contribution in [0.4, 0.5) is 4.39 Å². The van der Waals surface area contributed by atoms with Crippen LogP contribution in [-0.2, 0) is 0 Å². The minimum Gasteiger partial charge on any atom is -0.491 e. The van der Waals surface area contributed by atoms with Gasteiger partial charge in [-0.2, -0.15) is 0 Å². The van der Waals surface area contributed by atoms with Crippen molar-refractivity contribution in [3.8, 4) is 5.75 Å². The van der Waals surface area contributed by atoms with Crippen LogP contribution in [-0.4, -0.2) is 6.61 Å². The van der Waals surface area contributed by atoms with Gasteiger partial charge < -0.3 is 10.5 Å². The molecule has 0 bridgehead atoms. The Kier molecular flexibility index (Phi) is 4.17. The second-order valence-corrected chi connectivity index (χ2v) is 4.74. The lowest BCUT2D eigenvalue weighted by molar-refractivity contribution is 0.288. The van der Waals surface area contributed by atoms with Crippen molar-refractivity contribution in [1.82, 2.24) is 0 Å². The summed E-state index contributed by atoms with van der Waals surface area (Å²) in [5.41, 5.74) is 9.08. The van der Waals surface area contributed by atoms with Crippen LogP contribution in [0.3, 0.4) is 0 Å². The second-order valence-electron chi connectivity index (χ2n) is 4.74. The Morgan fingerprint density at radius 3 is 2.42 bits per heavy atom. The molecule has 100 valence electrons. The summed E-state index contributed by atoms with van der Waals surface area (Å²) < 4.78 is 18.6. The molecule has 0 radical (unpaired) electrons. The lowest BCUT2D eigenvalue weighted by atomic mass is 10.1. The van der Waals surface area contributed by atoms with Gasteiger partial charge in [-0.1, -0.05) is 29.8 Å². The first-order valence-electron chi connectivity index (χ1n) is 6.27. The monoisotopic (exact) mass is 259 g/mol. The number of benzene rings is 2. The van der Waals surface area contributed by atoms with Crippen LogP contribution in [0.15, 0.2) is 42.5 Å². The number of hydrogen-bond donors (Lipinski definition) is 1. The minimum atomic E-state index is -0.257. The van der Waals surface area contributed by atoms with Gasteiger partial charge in [0.2, 0.25) is 0 Å². The van der Waals surface area contributed by atoms with Crippen molar-refractivity contribution in [3.05, 3.63) is 65.0 Å². The molecule has 2 N–H and O–H groups in total. The Labute approximate surface area is 113 Å². The van der Waals surface area contributed by atoms with Gasteiger partial charge in [0.25, 0.3) is 0 Å². The van der Waals surface area contributed by atoms with Gasteiger partial charge in [0.15, 0.2) is 0 Å². The van der Waals surface area contributed by atoms with Crippen LogP contribution in [0.25, 0.3) is 0 Å². The molecule has 0 aromatic heterocycles. The third-order valence-corrected chi connectivity index (χ3v) is 3.06. The molecule has 0 aliphatic heterocycles. The van der Waals surface area contributed by atoms with E-state index < -0.39 is 0 Å². The topological polar surface area (TPSA) is 35.2 Å². The van der Waals surface area contributed by atoms with E-state index >= 15 is 0 Å². The largest absolute Gasteiger partial charge is 0.491 e. The van der Waals surface area contributed by atoms with E-state index in [9.17, 15) is 4.39 Å². The molecule has 2 nitrogen and oxygen atoms in total. The summed E-state index contributed by atoms with van der Waals surface area (Å²) >= 11 is 0. The van der Waals surface area contributed by atoms with E-state index in [1.54, 1.807) is 6.07 Å². The molecule has 19 heavy (non-hydrogen) atoms. The molecule has 2 rings (SSSR count). The van der Waals surface area contributed by atoms with Crippen molar-refractivity contribution in [1.29, 1.82) is 0 Å². The Balaban J connectivity index is 2.00. The van der Waals surface area contributed by atoms with E-state index in [1.165, 1.54) is 17.7 Å². The van der Waals surface area contributed by atoms with Crippen molar-refractivity contribution in [2.75, 3.05) is 6.61 Å². The highest BCUT2D eigenvalue weighted by molar-refractivity contribution is 5.33. The number of nitrogens with two attached hydrogens (primary N) is 1. The highest BCUT2D eigenvalue weighted by Gasteiger charge is 2.08. The molecule has 2 aromatic rings. The van der Waals surface area contributed by atoms with Crippen molar-refractivity contribution in [2.24, 2.45) is 5.73 Å². The quantitative estimate of drug-likeness (QED) is 0.911. The maximum absolute atomic E-state index is 13.0. The fraction of sp³-hybridized carbons (Fsp3) is 0.250. The van der Waals surface area contributed by atoms with E-state index in [-0.39, 0.29) is 11.9 Å². The fourth-order valence-corrected chi connectivity index (χ4v) is 1.86.